The van der Waals surface area contributed by atoms with Gasteiger partial charge in [-0.3, -0.25) is 9.63 Å². The van der Waals surface area contributed by atoms with Crippen molar-refractivity contribution in [3.05, 3.63) is 35.4 Å². The van der Waals surface area contributed by atoms with Gasteiger partial charge in [0.25, 0.3) is 0 Å². The molecule has 0 radical (unpaired) electrons. The first-order valence-electron chi connectivity index (χ1n) is 5.51. The van der Waals surface area contributed by atoms with Gasteiger partial charge in [0.1, 0.15) is 0 Å². The third kappa shape index (κ3) is 2.09. The lowest BCUT2D eigenvalue weighted by molar-refractivity contribution is -0.170. The predicted molar refractivity (Wildman–Crippen MR) is 61.8 cm³/mol. The Morgan fingerprint density at radius 2 is 2.25 bits per heavy atom. The maximum atomic E-state index is 11.8. The number of nitrogens with zero attached hydrogens (tertiary/aromatic N) is 1. The Kier molecular flexibility index (Phi) is 2.97. The number of hydrogen-bond acceptors (Lipinski definition) is 2. The van der Waals surface area contributed by atoms with Gasteiger partial charge in [-0.2, -0.15) is 0 Å². The van der Waals surface area contributed by atoms with Crippen molar-refractivity contribution >= 4 is 5.91 Å². The van der Waals surface area contributed by atoms with E-state index in [-0.39, 0.29) is 11.8 Å². The summed E-state index contributed by atoms with van der Waals surface area (Å²) in [6, 6.07) is 8.37. The summed E-state index contributed by atoms with van der Waals surface area (Å²) in [4.78, 5) is 16.7. The van der Waals surface area contributed by atoms with Gasteiger partial charge < -0.3 is 0 Å². The van der Waals surface area contributed by atoms with Gasteiger partial charge >= 0.3 is 0 Å². The fourth-order valence-electron chi connectivity index (χ4n) is 2.06. The molecule has 1 aliphatic carbocycles. The van der Waals surface area contributed by atoms with Crippen LogP contribution in [0.3, 0.4) is 0 Å². The van der Waals surface area contributed by atoms with Crippen molar-refractivity contribution in [1.29, 1.82) is 0 Å². The molecule has 0 heterocycles. The topological polar surface area (TPSA) is 29.5 Å². The first-order valence-corrected chi connectivity index (χ1v) is 5.51. The minimum absolute atomic E-state index is 0.0778. The van der Waals surface area contributed by atoms with Gasteiger partial charge in [-0.15, -0.1) is 0 Å². The molecule has 2 atom stereocenters. The smallest absolute Gasteiger partial charge is 0.249 e. The van der Waals surface area contributed by atoms with Crippen LogP contribution in [0, 0.1) is 12.8 Å². The maximum absolute atomic E-state index is 11.8. The third-order valence-corrected chi connectivity index (χ3v) is 3.16. The SMILES string of the molecule is CON(C)C(=O)[C@@H]1C[C@H]1c1cccc(C)c1. The van der Waals surface area contributed by atoms with Crippen LogP contribution in [0.1, 0.15) is 23.5 Å². The monoisotopic (exact) mass is 219 g/mol. The molecule has 0 bridgehead atoms. The summed E-state index contributed by atoms with van der Waals surface area (Å²) in [6.45, 7) is 2.07. The summed E-state index contributed by atoms with van der Waals surface area (Å²) < 4.78 is 0. The largest absolute Gasteiger partial charge is 0.275 e. The summed E-state index contributed by atoms with van der Waals surface area (Å²) in [5.41, 5.74) is 2.51. The summed E-state index contributed by atoms with van der Waals surface area (Å²) in [5, 5.41) is 1.32. The molecule has 0 aliphatic heterocycles. The molecule has 1 fully saturated rings. The first kappa shape index (κ1) is 11.1. The zero-order valence-electron chi connectivity index (χ0n) is 9.93. The fraction of sp³-hybridized carbons (Fsp3) is 0.462. The number of hydroxylamine groups is 2. The Labute approximate surface area is 96.0 Å². The lowest BCUT2D eigenvalue weighted by Gasteiger charge is -2.13. The van der Waals surface area contributed by atoms with E-state index >= 15 is 0 Å². The van der Waals surface area contributed by atoms with E-state index in [4.69, 9.17) is 4.84 Å². The number of benzene rings is 1. The molecular formula is C13H17NO2. The van der Waals surface area contributed by atoms with Crippen LogP contribution in [0.25, 0.3) is 0 Å². The Bertz CT molecular complexity index is 403. The Hall–Kier alpha value is -1.35. The van der Waals surface area contributed by atoms with Crippen molar-refractivity contribution in [2.75, 3.05) is 14.2 Å². The van der Waals surface area contributed by atoms with Crippen molar-refractivity contribution in [3.8, 4) is 0 Å². The Morgan fingerprint density at radius 3 is 2.88 bits per heavy atom. The molecule has 3 nitrogen and oxygen atoms in total. The highest BCUT2D eigenvalue weighted by Gasteiger charge is 2.45. The lowest BCUT2D eigenvalue weighted by Crippen LogP contribution is -2.27. The second kappa shape index (κ2) is 4.26. The summed E-state index contributed by atoms with van der Waals surface area (Å²) >= 11 is 0. The van der Waals surface area contributed by atoms with Gasteiger partial charge in [0.15, 0.2) is 0 Å². The van der Waals surface area contributed by atoms with Gasteiger partial charge in [-0.05, 0) is 24.8 Å². The fourth-order valence-corrected chi connectivity index (χ4v) is 2.06. The normalized spacial score (nSPS) is 22.9. The van der Waals surface area contributed by atoms with E-state index in [0.29, 0.717) is 5.92 Å². The van der Waals surface area contributed by atoms with Crippen LogP contribution in [-0.4, -0.2) is 25.1 Å². The molecule has 0 spiro atoms. The molecule has 86 valence electrons. The quantitative estimate of drug-likeness (QED) is 0.729. The van der Waals surface area contributed by atoms with Crippen LogP contribution in [0.4, 0.5) is 0 Å². The van der Waals surface area contributed by atoms with Crippen LogP contribution < -0.4 is 0 Å². The highest BCUT2D eigenvalue weighted by Crippen LogP contribution is 2.48. The van der Waals surface area contributed by atoms with E-state index in [0.717, 1.165) is 6.42 Å². The number of carbonyl (C=O) groups excluding carboxylic acids is 1. The minimum atomic E-state index is 0.0778. The minimum Gasteiger partial charge on any atom is -0.275 e. The molecule has 1 aliphatic rings. The number of carbonyl (C=O) groups is 1. The van der Waals surface area contributed by atoms with Crippen molar-refractivity contribution in [2.24, 2.45) is 5.92 Å². The van der Waals surface area contributed by atoms with Gasteiger partial charge in [0.05, 0.1) is 7.11 Å². The van der Waals surface area contributed by atoms with Crippen LogP contribution in [0.5, 0.6) is 0 Å². The van der Waals surface area contributed by atoms with Gasteiger partial charge in [0, 0.05) is 13.0 Å². The zero-order chi connectivity index (χ0) is 11.7. The highest BCUT2D eigenvalue weighted by molar-refractivity contribution is 5.81. The second-order valence-corrected chi connectivity index (χ2v) is 4.38. The number of amides is 1. The van der Waals surface area contributed by atoms with E-state index in [9.17, 15) is 4.79 Å². The van der Waals surface area contributed by atoms with Crippen LogP contribution >= 0.6 is 0 Å². The predicted octanol–water partition coefficient (Wildman–Crippen LogP) is 2.12. The van der Waals surface area contributed by atoms with E-state index in [2.05, 4.69) is 25.1 Å². The Balaban J connectivity index is 2.04. The summed E-state index contributed by atoms with van der Waals surface area (Å²) in [5.74, 6) is 0.561. The van der Waals surface area contributed by atoms with Crippen molar-refractivity contribution in [3.63, 3.8) is 0 Å². The molecule has 1 amide bonds. The average molecular weight is 219 g/mol. The highest BCUT2D eigenvalue weighted by atomic mass is 16.7. The lowest BCUT2D eigenvalue weighted by atomic mass is 10.1. The van der Waals surface area contributed by atoms with Crippen molar-refractivity contribution in [1.82, 2.24) is 5.06 Å². The van der Waals surface area contributed by atoms with E-state index in [1.807, 2.05) is 6.07 Å². The Morgan fingerprint density at radius 1 is 1.50 bits per heavy atom. The number of aryl methyl sites for hydroxylation is 1. The van der Waals surface area contributed by atoms with Gasteiger partial charge in [-0.25, -0.2) is 5.06 Å². The number of rotatable bonds is 3. The average Bonchev–Trinajstić information content (AvgIpc) is 3.07. The van der Waals surface area contributed by atoms with Gasteiger partial charge in [-0.1, -0.05) is 29.8 Å². The molecule has 0 unspecified atom stereocenters. The first-order chi connectivity index (χ1) is 7.63. The van der Waals surface area contributed by atoms with E-state index in [1.54, 1.807) is 7.05 Å². The molecule has 0 aromatic heterocycles. The van der Waals surface area contributed by atoms with E-state index < -0.39 is 0 Å². The van der Waals surface area contributed by atoms with Crippen molar-refractivity contribution < 1.29 is 9.63 Å². The van der Waals surface area contributed by atoms with Crippen molar-refractivity contribution in [2.45, 2.75) is 19.3 Å². The van der Waals surface area contributed by atoms with Crippen LogP contribution in [-0.2, 0) is 9.63 Å². The molecule has 1 saturated carbocycles. The van der Waals surface area contributed by atoms with Crippen LogP contribution in [0.2, 0.25) is 0 Å². The van der Waals surface area contributed by atoms with E-state index in [1.165, 1.54) is 23.3 Å². The summed E-state index contributed by atoms with van der Waals surface area (Å²) in [7, 11) is 3.18. The maximum Gasteiger partial charge on any atom is 0.249 e. The summed E-state index contributed by atoms with van der Waals surface area (Å²) in [6.07, 6.45) is 0.940. The molecule has 0 saturated heterocycles. The molecule has 3 heteroatoms. The number of hydrogen-bond donors (Lipinski definition) is 0. The molecule has 0 N–H and O–H groups in total. The molecule has 16 heavy (non-hydrogen) atoms. The molecule has 1 aromatic rings. The zero-order valence-corrected chi connectivity index (χ0v) is 9.93. The molecular weight excluding hydrogens is 202 g/mol. The third-order valence-electron chi connectivity index (χ3n) is 3.16. The second-order valence-electron chi connectivity index (χ2n) is 4.38. The van der Waals surface area contributed by atoms with Crippen LogP contribution in [0.15, 0.2) is 24.3 Å². The molecule has 1 aromatic carbocycles. The standard InChI is InChI=1S/C13H17NO2/c1-9-5-4-6-10(7-9)11-8-12(11)13(15)14(2)16-3/h4-7,11-12H,8H2,1-3H3/t11-,12+/m0/s1. The molecule has 2 rings (SSSR count). The van der Waals surface area contributed by atoms with Gasteiger partial charge in [0.2, 0.25) is 5.91 Å².